The van der Waals surface area contributed by atoms with Crippen LogP contribution in [-0.2, 0) is 11.3 Å². The fourth-order valence-corrected chi connectivity index (χ4v) is 2.66. The van der Waals surface area contributed by atoms with Gasteiger partial charge in [0.2, 0.25) is 5.91 Å². The van der Waals surface area contributed by atoms with Crippen LogP contribution < -0.4 is 20.3 Å². The summed E-state index contributed by atoms with van der Waals surface area (Å²) in [7, 11) is 3.05. The van der Waals surface area contributed by atoms with E-state index < -0.39 is 0 Å². The molecule has 0 aliphatic rings. The van der Waals surface area contributed by atoms with Crippen LogP contribution in [0, 0.1) is 5.92 Å². The molecule has 0 fully saturated rings. The standard InChI is InChI=1S/C19H28N4O4/c1-6-23(11-18(24)20-9-12(2)3)10-17-21-14-8-16(27-5)15(26-4)7-13(14)19(25)22-17/h7-8,12H,6,9-11H2,1-5H3,(H,20,24)(H,21,22,25). The second-order valence-electron chi connectivity index (χ2n) is 6.74. The number of hydrogen-bond donors (Lipinski definition) is 2. The Morgan fingerprint density at radius 2 is 1.93 bits per heavy atom. The predicted octanol–water partition coefficient (Wildman–Crippen LogP) is 1.53. The minimum Gasteiger partial charge on any atom is -0.493 e. The maximum Gasteiger partial charge on any atom is 0.258 e. The number of aromatic amines is 1. The van der Waals surface area contributed by atoms with Gasteiger partial charge in [0.1, 0.15) is 5.82 Å². The van der Waals surface area contributed by atoms with E-state index in [-0.39, 0.29) is 18.0 Å². The van der Waals surface area contributed by atoms with E-state index in [4.69, 9.17) is 9.47 Å². The monoisotopic (exact) mass is 376 g/mol. The molecule has 0 saturated heterocycles. The molecular weight excluding hydrogens is 348 g/mol. The van der Waals surface area contributed by atoms with Crippen molar-refractivity contribution >= 4 is 16.8 Å². The molecule has 0 aliphatic carbocycles. The number of likely N-dealkylation sites (N-methyl/N-ethyl adjacent to an activating group) is 1. The SMILES string of the molecule is CCN(CC(=O)NCC(C)C)Cc1nc2cc(OC)c(OC)cc2c(=O)[nH]1. The van der Waals surface area contributed by atoms with E-state index >= 15 is 0 Å². The molecule has 0 saturated carbocycles. The van der Waals surface area contributed by atoms with Crippen molar-refractivity contribution < 1.29 is 14.3 Å². The zero-order valence-corrected chi connectivity index (χ0v) is 16.6. The van der Waals surface area contributed by atoms with Gasteiger partial charge in [0.05, 0.1) is 38.2 Å². The van der Waals surface area contributed by atoms with E-state index in [1.807, 2.05) is 25.7 Å². The maximum atomic E-state index is 12.4. The molecule has 148 valence electrons. The summed E-state index contributed by atoms with van der Waals surface area (Å²) in [6, 6.07) is 3.29. The van der Waals surface area contributed by atoms with Crippen LogP contribution in [0.3, 0.4) is 0 Å². The first kappa shape index (κ1) is 20.7. The predicted molar refractivity (Wildman–Crippen MR) is 104 cm³/mol. The molecule has 0 unspecified atom stereocenters. The Kier molecular flexibility index (Phi) is 7.18. The molecule has 0 spiro atoms. The van der Waals surface area contributed by atoms with Crippen molar-refractivity contribution in [3.63, 3.8) is 0 Å². The molecule has 2 aromatic rings. The van der Waals surface area contributed by atoms with Crippen LogP contribution in [0.25, 0.3) is 10.9 Å². The van der Waals surface area contributed by atoms with Crippen molar-refractivity contribution in [2.45, 2.75) is 27.3 Å². The first-order valence-electron chi connectivity index (χ1n) is 9.01. The number of methoxy groups -OCH3 is 2. The number of nitrogens with zero attached hydrogens (tertiary/aromatic N) is 2. The van der Waals surface area contributed by atoms with Crippen LogP contribution in [-0.4, -0.2) is 54.6 Å². The van der Waals surface area contributed by atoms with Crippen LogP contribution in [0.4, 0.5) is 0 Å². The van der Waals surface area contributed by atoms with Crippen LogP contribution in [0.5, 0.6) is 11.5 Å². The number of fused-ring (bicyclic) bond motifs is 1. The number of carbonyl (C=O) groups excluding carboxylic acids is 1. The molecule has 8 nitrogen and oxygen atoms in total. The second-order valence-corrected chi connectivity index (χ2v) is 6.74. The van der Waals surface area contributed by atoms with Crippen molar-refractivity contribution in [2.75, 3.05) is 33.9 Å². The molecule has 0 radical (unpaired) electrons. The first-order chi connectivity index (χ1) is 12.9. The molecule has 8 heteroatoms. The summed E-state index contributed by atoms with van der Waals surface area (Å²) in [6.45, 7) is 7.96. The maximum absolute atomic E-state index is 12.4. The molecule has 1 aromatic heterocycles. The molecule has 0 bridgehead atoms. The highest BCUT2D eigenvalue weighted by Gasteiger charge is 2.14. The van der Waals surface area contributed by atoms with Gasteiger partial charge in [-0.2, -0.15) is 0 Å². The molecule has 0 aliphatic heterocycles. The van der Waals surface area contributed by atoms with E-state index in [0.717, 1.165) is 0 Å². The van der Waals surface area contributed by atoms with Crippen LogP contribution in [0.1, 0.15) is 26.6 Å². The topological polar surface area (TPSA) is 96.6 Å². The number of nitrogens with one attached hydrogen (secondary N) is 2. The van der Waals surface area contributed by atoms with Crippen molar-refractivity contribution in [3.8, 4) is 11.5 Å². The molecule has 1 aromatic carbocycles. The number of ether oxygens (including phenoxy) is 2. The molecule has 0 atom stereocenters. The van der Waals surface area contributed by atoms with E-state index in [1.165, 1.54) is 14.2 Å². The fourth-order valence-electron chi connectivity index (χ4n) is 2.66. The van der Waals surface area contributed by atoms with Gasteiger partial charge in [-0.1, -0.05) is 20.8 Å². The molecule has 1 heterocycles. The fraction of sp³-hybridized carbons (Fsp3) is 0.526. The number of benzene rings is 1. The van der Waals surface area contributed by atoms with Gasteiger partial charge in [-0.25, -0.2) is 4.98 Å². The summed E-state index contributed by atoms with van der Waals surface area (Å²) >= 11 is 0. The highest BCUT2D eigenvalue weighted by Crippen LogP contribution is 2.29. The third-order valence-electron chi connectivity index (χ3n) is 4.16. The van der Waals surface area contributed by atoms with Gasteiger partial charge in [-0.15, -0.1) is 0 Å². The Morgan fingerprint density at radius 1 is 1.26 bits per heavy atom. The third kappa shape index (κ3) is 5.43. The van der Waals surface area contributed by atoms with E-state index in [1.54, 1.807) is 12.1 Å². The number of aromatic nitrogens is 2. The summed E-state index contributed by atoms with van der Waals surface area (Å²) in [4.78, 5) is 33.7. The Balaban J connectivity index is 2.22. The summed E-state index contributed by atoms with van der Waals surface area (Å²) in [5.74, 6) is 1.84. The summed E-state index contributed by atoms with van der Waals surface area (Å²) < 4.78 is 10.5. The highest BCUT2D eigenvalue weighted by molar-refractivity contribution is 5.82. The molecule has 1 amide bonds. The van der Waals surface area contributed by atoms with Crippen molar-refractivity contribution in [2.24, 2.45) is 5.92 Å². The minimum atomic E-state index is -0.253. The van der Waals surface area contributed by atoms with E-state index in [0.29, 0.717) is 53.8 Å². The second kappa shape index (κ2) is 9.36. The van der Waals surface area contributed by atoms with E-state index in [9.17, 15) is 9.59 Å². The normalized spacial score (nSPS) is 11.2. The Hall–Kier alpha value is -2.61. The van der Waals surface area contributed by atoms with Gasteiger partial charge in [0.15, 0.2) is 11.5 Å². The van der Waals surface area contributed by atoms with E-state index in [2.05, 4.69) is 15.3 Å². The quantitative estimate of drug-likeness (QED) is 0.689. The largest absolute Gasteiger partial charge is 0.493 e. The summed E-state index contributed by atoms with van der Waals surface area (Å²) in [5, 5.41) is 3.32. The Bertz CT molecular complexity index is 847. The smallest absolute Gasteiger partial charge is 0.258 e. The molecule has 27 heavy (non-hydrogen) atoms. The van der Waals surface area contributed by atoms with Gasteiger partial charge in [0, 0.05) is 12.6 Å². The average molecular weight is 376 g/mol. The zero-order valence-electron chi connectivity index (χ0n) is 16.6. The Labute approximate surface area is 158 Å². The first-order valence-corrected chi connectivity index (χ1v) is 9.01. The van der Waals surface area contributed by atoms with Crippen LogP contribution in [0.2, 0.25) is 0 Å². The molecule has 2 rings (SSSR count). The lowest BCUT2D eigenvalue weighted by atomic mass is 10.2. The van der Waals surface area contributed by atoms with Crippen molar-refractivity contribution in [3.05, 3.63) is 28.3 Å². The Morgan fingerprint density at radius 3 is 2.52 bits per heavy atom. The van der Waals surface area contributed by atoms with Gasteiger partial charge in [-0.05, 0) is 18.5 Å². The number of amides is 1. The van der Waals surface area contributed by atoms with Crippen molar-refractivity contribution in [1.29, 1.82) is 0 Å². The van der Waals surface area contributed by atoms with Gasteiger partial charge < -0.3 is 19.8 Å². The van der Waals surface area contributed by atoms with Crippen molar-refractivity contribution in [1.82, 2.24) is 20.2 Å². The van der Waals surface area contributed by atoms with Gasteiger partial charge in [0.25, 0.3) is 5.56 Å². The molecular formula is C19H28N4O4. The van der Waals surface area contributed by atoms with Crippen LogP contribution in [0.15, 0.2) is 16.9 Å². The number of rotatable bonds is 9. The van der Waals surface area contributed by atoms with Gasteiger partial charge in [-0.3, -0.25) is 14.5 Å². The lowest BCUT2D eigenvalue weighted by molar-refractivity contribution is -0.122. The number of carbonyl (C=O) groups is 1. The summed E-state index contributed by atoms with van der Waals surface area (Å²) in [5.41, 5.74) is 0.267. The number of H-pyrrole nitrogens is 1. The van der Waals surface area contributed by atoms with Crippen LogP contribution >= 0.6 is 0 Å². The third-order valence-corrected chi connectivity index (χ3v) is 4.16. The average Bonchev–Trinajstić information content (AvgIpc) is 2.64. The van der Waals surface area contributed by atoms with Gasteiger partial charge >= 0.3 is 0 Å². The number of hydrogen-bond acceptors (Lipinski definition) is 6. The summed E-state index contributed by atoms with van der Waals surface area (Å²) in [6.07, 6.45) is 0. The molecule has 2 N–H and O–H groups in total. The lowest BCUT2D eigenvalue weighted by Gasteiger charge is -2.20. The highest BCUT2D eigenvalue weighted by atomic mass is 16.5. The zero-order chi connectivity index (χ0) is 20.0. The minimum absolute atomic E-state index is 0.0416. The lowest BCUT2D eigenvalue weighted by Crippen LogP contribution is -2.38.